The summed E-state index contributed by atoms with van der Waals surface area (Å²) in [5.41, 5.74) is 14.6. The van der Waals surface area contributed by atoms with E-state index in [9.17, 15) is 4.79 Å². The summed E-state index contributed by atoms with van der Waals surface area (Å²) in [5, 5.41) is 7.41. The van der Waals surface area contributed by atoms with Crippen molar-refractivity contribution >= 4 is 17.3 Å². The number of nitrogens with two attached hydrogens (primary N) is 2. The first-order chi connectivity index (χ1) is 8.99. The maximum atomic E-state index is 11.4. The molecule has 2 aromatic rings. The van der Waals surface area contributed by atoms with Crippen molar-refractivity contribution in [2.24, 2.45) is 12.8 Å². The molecule has 0 fully saturated rings. The summed E-state index contributed by atoms with van der Waals surface area (Å²) in [5.74, 6) is -0.502. The van der Waals surface area contributed by atoms with Gasteiger partial charge in [-0.1, -0.05) is 6.07 Å². The van der Waals surface area contributed by atoms with Crippen molar-refractivity contribution in [3.8, 4) is 0 Å². The summed E-state index contributed by atoms with van der Waals surface area (Å²) >= 11 is 0. The van der Waals surface area contributed by atoms with E-state index in [0.717, 1.165) is 11.3 Å². The predicted octanol–water partition coefficient (Wildman–Crippen LogP) is 1.02. The Bertz CT molecular complexity index is 617. The summed E-state index contributed by atoms with van der Waals surface area (Å²) in [6.45, 7) is 2.47. The van der Waals surface area contributed by atoms with Crippen LogP contribution in [-0.2, 0) is 13.6 Å². The molecule has 0 bridgehead atoms. The average molecular weight is 259 g/mol. The maximum Gasteiger partial charge on any atom is 0.250 e. The number of hydrogen-bond acceptors (Lipinski definition) is 4. The lowest BCUT2D eigenvalue weighted by atomic mass is 10.1. The second-order valence-corrected chi connectivity index (χ2v) is 4.40. The van der Waals surface area contributed by atoms with Gasteiger partial charge in [-0.2, -0.15) is 5.10 Å². The Hall–Kier alpha value is -2.50. The van der Waals surface area contributed by atoms with E-state index in [-0.39, 0.29) is 0 Å². The third-order valence-electron chi connectivity index (χ3n) is 2.93. The van der Waals surface area contributed by atoms with E-state index in [1.165, 1.54) is 0 Å². The van der Waals surface area contributed by atoms with Crippen LogP contribution in [0.1, 0.15) is 21.6 Å². The molecular weight excluding hydrogens is 242 g/mol. The lowest BCUT2D eigenvalue weighted by molar-refractivity contribution is 0.100. The molecule has 5 N–H and O–H groups in total. The summed E-state index contributed by atoms with van der Waals surface area (Å²) in [4.78, 5) is 11.4. The van der Waals surface area contributed by atoms with E-state index in [1.807, 2.05) is 20.2 Å². The lowest BCUT2D eigenvalue weighted by Gasteiger charge is -2.12. The van der Waals surface area contributed by atoms with E-state index < -0.39 is 5.91 Å². The van der Waals surface area contributed by atoms with Crippen LogP contribution in [0.3, 0.4) is 0 Å². The first kappa shape index (κ1) is 12.9. The lowest BCUT2D eigenvalue weighted by Crippen LogP contribution is -2.15. The predicted molar refractivity (Wildman–Crippen MR) is 74.6 cm³/mol. The molecule has 0 aliphatic heterocycles. The normalized spacial score (nSPS) is 10.4. The molecule has 0 saturated heterocycles. The maximum absolute atomic E-state index is 11.4. The molecule has 0 aliphatic carbocycles. The minimum atomic E-state index is -0.502. The summed E-state index contributed by atoms with van der Waals surface area (Å²) in [7, 11) is 1.86. The number of amides is 1. The van der Waals surface area contributed by atoms with Crippen molar-refractivity contribution in [2.75, 3.05) is 11.1 Å². The van der Waals surface area contributed by atoms with Gasteiger partial charge in [-0.25, -0.2) is 0 Å². The van der Waals surface area contributed by atoms with E-state index in [1.54, 1.807) is 22.9 Å². The number of carbonyl (C=O) groups is 1. The van der Waals surface area contributed by atoms with E-state index in [0.29, 0.717) is 23.5 Å². The van der Waals surface area contributed by atoms with Gasteiger partial charge in [0.2, 0.25) is 0 Å². The zero-order valence-electron chi connectivity index (χ0n) is 11.0. The third-order valence-corrected chi connectivity index (χ3v) is 2.93. The van der Waals surface area contributed by atoms with Crippen LogP contribution in [0.2, 0.25) is 0 Å². The summed E-state index contributed by atoms with van der Waals surface area (Å²) in [6, 6.07) is 5.08. The van der Waals surface area contributed by atoms with E-state index >= 15 is 0 Å². The molecule has 100 valence electrons. The van der Waals surface area contributed by atoms with Crippen LogP contribution in [-0.4, -0.2) is 15.7 Å². The molecule has 0 spiro atoms. The number of anilines is 2. The van der Waals surface area contributed by atoms with Crippen LogP contribution in [0, 0.1) is 6.92 Å². The van der Waals surface area contributed by atoms with Crippen LogP contribution >= 0.6 is 0 Å². The van der Waals surface area contributed by atoms with Crippen LogP contribution in [0.15, 0.2) is 24.4 Å². The van der Waals surface area contributed by atoms with Gasteiger partial charge in [0, 0.05) is 25.4 Å². The highest BCUT2D eigenvalue weighted by Crippen LogP contribution is 2.24. The number of nitrogens with zero attached hydrogens (tertiary/aromatic N) is 2. The topological polar surface area (TPSA) is 99.0 Å². The number of rotatable bonds is 4. The van der Waals surface area contributed by atoms with Gasteiger partial charge in [-0.05, 0) is 19.1 Å². The molecule has 0 unspecified atom stereocenters. The molecule has 6 heteroatoms. The number of nitrogens with one attached hydrogen (secondary N) is 1. The fourth-order valence-electron chi connectivity index (χ4n) is 1.98. The van der Waals surface area contributed by atoms with Gasteiger partial charge >= 0.3 is 0 Å². The summed E-state index contributed by atoms with van der Waals surface area (Å²) in [6.07, 6.45) is 1.92. The van der Waals surface area contributed by atoms with Crippen molar-refractivity contribution in [1.82, 2.24) is 9.78 Å². The molecule has 19 heavy (non-hydrogen) atoms. The monoisotopic (exact) mass is 259 g/mol. The molecule has 1 aromatic carbocycles. The van der Waals surface area contributed by atoms with Gasteiger partial charge in [-0.15, -0.1) is 0 Å². The summed E-state index contributed by atoms with van der Waals surface area (Å²) < 4.78 is 1.75. The number of hydrogen-bond donors (Lipinski definition) is 3. The molecule has 0 radical (unpaired) electrons. The smallest absolute Gasteiger partial charge is 0.250 e. The van der Waals surface area contributed by atoms with Crippen molar-refractivity contribution < 1.29 is 4.79 Å². The third kappa shape index (κ3) is 2.67. The van der Waals surface area contributed by atoms with E-state index in [2.05, 4.69) is 10.4 Å². The number of nitrogen functional groups attached to an aromatic ring is 1. The quantitative estimate of drug-likeness (QED) is 0.714. The van der Waals surface area contributed by atoms with Crippen LogP contribution in [0.4, 0.5) is 11.4 Å². The van der Waals surface area contributed by atoms with Crippen molar-refractivity contribution in [2.45, 2.75) is 13.5 Å². The Morgan fingerprint density at radius 2 is 2.21 bits per heavy atom. The first-order valence-electron chi connectivity index (χ1n) is 5.90. The minimum Gasteiger partial charge on any atom is -0.397 e. The second kappa shape index (κ2) is 5.01. The second-order valence-electron chi connectivity index (χ2n) is 4.40. The van der Waals surface area contributed by atoms with Gasteiger partial charge < -0.3 is 16.8 Å². The number of aromatic nitrogens is 2. The first-order valence-corrected chi connectivity index (χ1v) is 5.90. The zero-order chi connectivity index (χ0) is 14.0. The minimum absolute atomic E-state index is 0.390. The number of primary amides is 1. The van der Waals surface area contributed by atoms with Gasteiger partial charge in [-0.3, -0.25) is 9.48 Å². The van der Waals surface area contributed by atoms with Gasteiger partial charge in [0.05, 0.1) is 22.6 Å². The molecule has 1 heterocycles. The van der Waals surface area contributed by atoms with Gasteiger partial charge in [0.1, 0.15) is 0 Å². The molecule has 1 aromatic heterocycles. The van der Waals surface area contributed by atoms with E-state index in [4.69, 9.17) is 11.5 Å². The average Bonchev–Trinajstić information content (AvgIpc) is 2.66. The van der Waals surface area contributed by atoms with Gasteiger partial charge in [0.25, 0.3) is 5.91 Å². The Labute approximate surface area is 111 Å². The SMILES string of the molecule is Cc1nn(C)cc1CNc1c(N)cccc1C(N)=O. The number of carbonyl (C=O) groups excluding carboxylic acids is 1. The number of benzene rings is 1. The molecule has 1 amide bonds. The largest absolute Gasteiger partial charge is 0.397 e. The highest BCUT2D eigenvalue weighted by atomic mass is 16.1. The highest BCUT2D eigenvalue weighted by Gasteiger charge is 2.11. The molecular formula is C13H17N5O. The highest BCUT2D eigenvalue weighted by molar-refractivity contribution is 6.01. The van der Waals surface area contributed by atoms with Gasteiger partial charge in [0.15, 0.2) is 0 Å². The van der Waals surface area contributed by atoms with Crippen LogP contribution in [0.25, 0.3) is 0 Å². The molecule has 0 saturated carbocycles. The standard InChI is InChI=1S/C13H17N5O/c1-8-9(7-18(2)17-8)6-16-12-10(13(15)19)4-3-5-11(12)14/h3-5,7,16H,6,14H2,1-2H3,(H2,15,19). The fraction of sp³-hybridized carbons (Fsp3) is 0.231. The zero-order valence-corrected chi connectivity index (χ0v) is 11.0. The van der Waals surface area contributed by atoms with Crippen LogP contribution in [0.5, 0.6) is 0 Å². The Kier molecular flexibility index (Phi) is 3.41. The van der Waals surface area contributed by atoms with Crippen molar-refractivity contribution in [1.29, 1.82) is 0 Å². The Morgan fingerprint density at radius 3 is 2.79 bits per heavy atom. The number of para-hydroxylation sites is 1. The van der Waals surface area contributed by atoms with Crippen LogP contribution < -0.4 is 16.8 Å². The van der Waals surface area contributed by atoms with Crippen molar-refractivity contribution in [3.63, 3.8) is 0 Å². The molecule has 0 aliphatic rings. The Balaban J connectivity index is 2.24. The molecule has 6 nitrogen and oxygen atoms in total. The molecule has 2 rings (SSSR count). The number of aryl methyl sites for hydroxylation is 2. The fourth-order valence-corrected chi connectivity index (χ4v) is 1.98. The Morgan fingerprint density at radius 1 is 1.47 bits per heavy atom. The molecule has 0 atom stereocenters. The van der Waals surface area contributed by atoms with Crippen molar-refractivity contribution in [3.05, 3.63) is 41.2 Å².